The van der Waals surface area contributed by atoms with Gasteiger partial charge in [-0.25, -0.2) is 12.8 Å². The van der Waals surface area contributed by atoms with Gasteiger partial charge >= 0.3 is 0 Å². The smallest absolute Gasteiger partial charge is 0.262 e. The highest BCUT2D eigenvalue weighted by atomic mass is 32.2. The second kappa shape index (κ2) is 5.82. The molecule has 0 aliphatic carbocycles. The van der Waals surface area contributed by atoms with Gasteiger partial charge in [0.2, 0.25) is 0 Å². The minimum absolute atomic E-state index is 0.0884. The van der Waals surface area contributed by atoms with Crippen molar-refractivity contribution in [2.24, 2.45) is 0 Å². The molecule has 0 aliphatic heterocycles. The summed E-state index contributed by atoms with van der Waals surface area (Å²) >= 11 is 0. The Morgan fingerprint density at radius 2 is 2.14 bits per heavy atom. The Kier molecular flexibility index (Phi) is 4.29. The van der Waals surface area contributed by atoms with Crippen LogP contribution < -0.4 is 4.72 Å². The maximum atomic E-state index is 13.3. The van der Waals surface area contributed by atoms with Gasteiger partial charge in [0.1, 0.15) is 5.82 Å². The molecule has 0 bridgehead atoms. The molecule has 8 heteroatoms. The molecule has 0 saturated carbocycles. The molecular weight excluding hydrogens is 297 g/mol. The summed E-state index contributed by atoms with van der Waals surface area (Å²) in [6, 6.07) is 3.30. The summed E-state index contributed by atoms with van der Waals surface area (Å²) in [6.07, 6.45) is 2.91. The summed E-state index contributed by atoms with van der Waals surface area (Å²) < 4.78 is 41.8. The number of sulfonamides is 1. The van der Waals surface area contributed by atoms with Gasteiger partial charge in [-0.15, -0.1) is 0 Å². The van der Waals surface area contributed by atoms with Crippen LogP contribution in [-0.4, -0.2) is 23.3 Å². The van der Waals surface area contributed by atoms with Crippen molar-refractivity contribution in [2.75, 3.05) is 4.72 Å². The van der Waals surface area contributed by atoms with Gasteiger partial charge in [-0.1, -0.05) is 6.07 Å². The normalized spacial score (nSPS) is 11.9. The molecule has 1 aromatic heterocycles. The lowest BCUT2D eigenvalue weighted by Gasteiger charge is -2.10. The fourth-order valence-corrected chi connectivity index (χ4v) is 3.06. The molecule has 0 unspecified atom stereocenters. The standard InChI is InChI=1S/C13H16FN3O3S/c1-9(2)17-7-12(6-15-17)16-21(19,20)13-5-11(14)4-3-10(13)8-18/h3-7,9,16,18H,8H2,1-2H3. The highest BCUT2D eigenvalue weighted by molar-refractivity contribution is 7.92. The van der Waals surface area contributed by atoms with E-state index in [9.17, 15) is 17.9 Å². The molecule has 0 spiro atoms. The van der Waals surface area contributed by atoms with Crippen molar-refractivity contribution in [1.82, 2.24) is 9.78 Å². The van der Waals surface area contributed by atoms with Gasteiger partial charge in [0.25, 0.3) is 10.0 Å². The van der Waals surface area contributed by atoms with E-state index in [1.165, 1.54) is 12.3 Å². The van der Waals surface area contributed by atoms with Crippen LogP contribution in [0.3, 0.4) is 0 Å². The first-order valence-electron chi connectivity index (χ1n) is 6.30. The van der Waals surface area contributed by atoms with Crippen LogP contribution in [0.4, 0.5) is 10.1 Å². The number of aliphatic hydroxyl groups is 1. The zero-order valence-corrected chi connectivity index (χ0v) is 12.4. The van der Waals surface area contributed by atoms with Crippen LogP contribution in [0.15, 0.2) is 35.5 Å². The predicted molar refractivity (Wildman–Crippen MR) is 75.7 cm³/mol. The van der Waals surface area contributed by atoms with Crippen molar-refractivity contribution in [3.05, 3.63) is 42.0 Å². The monoisotopic (exact) mass is 313 g/mol. The molecule has 0 fully saturated rings. The minimum atomic E-state index is -3.99. The van der Waals surface area contributed by atoms with E-state index < -0.39 is 22.4 Å². The summed E-state index contributed by atoms with van der Waals surface area (Å²) in [5.41, 5.74) is 0.400. The molecule has 0 saturated heterocycles. The molecule has 0 amide bonds. The number of halogens is 1. The van der Waals surface area contributed by atoms with Crippen LogP contribution in [0.2, 0.25) is 0 Å². The van der Waals surface area contributed by atoms with Crippen molar-refractivity contribution in [2.45, 2.75) is 31.4 Å². The Labute approximate surface area is 122 Å². The van der Waals surface area contributed by atoms with Crippen LogP contribution in [0, 0.1) is 5.82 Å². The van der Waals surface area contributed by atoms with Crippen molar-refractivity contribution >= 4 is 15.7 Å². The van der Waals surface area contributed by atoms with Crippen molar-refractivity contribution in [3.8, 4) is 0 Å². The first-order chi connectivity index (χ1) is 9.83. The van der Waals surface area contributed by atoms with Crippen molar-refractivity contribution < 1.29 is 17.9 Å². The van der Waals surface area contributed by atoms with Gasteiger partial charge in [0.05, 0.1) is 23.4 Å². The minimum Gasteiger partial charge on any atom is -0.392 e. The average molecular weight is 313 g/mol. The van der Waals surface area contributed by atoms with Crippen LogP contribution in [-0.2, 0) is 16.6 Å². The Balaban J connectivity index is 2.35. The lowest BCUT2D eigenvalue weighted by molar-refractivity contribution is 0.278. The van der Waals surface area contributed by atoms with E-state index in [1.807, 2.05) is 13.8 Å². The van der Waals surface area contributed by atoms with Gasteiger partial charge in [-0.05, 0) is 31.5 Å². The van der Waals surface area contributed by atoms with Gasteiger partial charge in [0.15, 0.2) is 0 Å². The number of aliphatic hydroxyl groups excluding tert-OH is 1. The second-order valence-electron chi connectivity index (χ2n) is 4.82. The number of anilines is 1. The van der Waals surface area contributed by atoms with E-state index in [-0.39, 0.29) is 22.2 Å². The Bertz CT molecular complexity index is 741. The molecule has 21 heavy (non-hydrogen) atoms. The summed E-state index contributed by atoms with van der Waals surface area (Å²) in [6.45, 7) is 3.31. The van der Waals surface area contributed by atoms with Crippen molar-refractivity contribution in [1.29, 1.82) is 0 Å². The van der Waals surface area contributed by atoms with E-state index >= 15 is 0 Å². The molecule has 2 aromatic rings. The summed E-state index contributed by atoms with van der Waals surface area (Å²) in [7, 11) is -3.99. The van der Waals surface area contributed by atoms with Gasteiger partial charge in [0, 0.05) is 12.2 Å². The molecule has 0 atom stereocenters. The first-order valence-corrected chi connectivity index (χ1v) is 7.78. The molecule has 1 heterocycles. The fourth-order valence-electron chi connectivity index (χ4n) is 1.79. The van der Waals surface area contributed by atoms with E-state index in [4.69, 9.17) is 0 Å². The number of nitrogens with one attached hydrogen (secondary N) is 1. The molecule has 1 aromatic carbocycles. The second-order valence-corrected chi connectivity index (χ2v) is 6.47. The third-order valence-electron chi connectivity index (χ3n) is 2.87. The third kappa shape index (κ3) is 3.40. The molecule has 2 N–H and O–H groups in total. The van der Waals surface area contributed by atoms with Crippen LogP contribution in [0.1, 0.15) is 25.5 Å². The Morgan fingerprint density at radius 3 is 2.71 bits per heavy atom. The topological polar surface area (TPSA) is 84.2 Å². The zero-order valence-electron chi connectivity index (χ0n) is 11.6. The number of hydrogen-bond donors (Lipinski definition) is 2. The predicted octanol–water partition coefficient (Wildman–Crippen LogP) is 1.90. The Morgan fingerprint density at radius 1 is 1.43 bits per heavy atom. The lowest BCUT2D eigenvalue weighted by atomic mass is 10.2. The van der Waals surface area contributed by atoms with E-state index in [1.54, 1.807) is 10.9 Å². The quantitative estimate of drug-likeness (QED) is 0.883. The van der Waals surface area contributed by atoms with E-state index in [2.05, 4.69) is 9.82 Å². The first kappa shape index (κ1) is 15.5. The SMILES string of the molecule is CC(C)n1cc(NS(=O)(=O)c2cc(F)ccc2CO)cn1. The molecule has 6 nitrogen and oxygen atoms in total. The number of benzene rings is 1. The van der Waals surface area contributed by atoms with E-state index in [0.29, 0.717) is 0 Å². The number of rotatable bonds is 5. The highest BCUT2D eigenvalue weighted by Gasteiger charge is 2.20. The van der Waals surface area contributed by atoms with Crippen LogP contribution in [0.5, 0.6) is 0 Å². The van der Waals surface area contributed by atoms with Gasteiger partial charge in [-0.2, -0.15) is 5.10 Å². The van der Waals surface area contributed by atoms with Crippen molar-refractivity contribution in [3.63, 3.8) is 0 Å². The lowest BCUT2D eigenvalue weighted by Crippen LogP contribution is -2.15. The van der Waals surface area contributed by atoms with E-state index in [0.717, 1.165) is 12.1 Å². The van der Waals surface area contributed by atoms with Gasteiger partial charge in [-0.3, -0.25) is 9.40 Å². The molecule has 0 aliphatic rings. The Hall–Kier alpha value is -1.93. The fraction of sp³-hybridized carbons (Fsp3) is 0.308. The average Bonchev–Trinajstić information content (AvgIpc) is 2.86. The summed E-state index contributed by atoms with van der Waals surface area (Å²) in [5.74, 6) is -0.689. The summed E-state index contributed by atoms with van der Waals surface area (Å²) in [4.78, 5) is -0.290. The van der Waals surface area contributed by atoms with Crippen LogP contribution >= 0.6 is 0 Å². The maximum Gasteiger partial charge on any atom is 0.262 e. The van der Waals surface area contributed by atoms with Gasteiger partial charge < -0.3 is 5.11 Å². The number of hydrogen-bond acceptors (Lipinski definition) is 4. The van der Waals surface area contributed by atoms with Crippen LogP contribution in [0.25, 0.3) is 0 Å². The third-order valence-corrected chi connectivity index (χ3v) is 4.34. The molecule has 114 valence electrons. The zero-order chi connectivity index (χ0) is 15.6. The maximum absolute atomic E-state index is 13.3. The molecule has 2 rings (SSSR count). The summed E-state index contributed by atoms with van der Waals surface area (Å²) in [5, 5.41) is 13.2. The molecular formula is C13H16FN3O3S. The number of aromatic nitrogens is 2. The molecule has 0 radical (unpaired) electrons. The largest absolute Gasteiger partial charge is 0.392 e. The number of nitrogens with zero attached hydrogens (tertiary/aromatic N) is 2. The highest BCUT2D eigenvalue weighted by Crippen LogP contribution is 2.21.